The molecule has 0 aromatic heterocycles. The molecule has 1 aromatic carbocycles. The molecule has 1 aromatic rings. The van der Waals surface area contributed by atoms with E-state index in [0.717, 1.165) is 0 Å². The Morgan fingerprint density at radius 2 is 2.00 bits per heavy atom. The summed E-state index contributed by atoms with van der Waals surface area (Å²) in [5, 5.41) is 0.608. The molecule has 0 bridgehead atoms. The van der Waals surface area contributed by atoms with Crippen LogP contribution >= 0.6 is 11.6 Å². The van der Waals surface area contributed by atoms with Gasteiger partial charge < -0.3 is 0 Å². The molecule has 2 rings (SSSR count). The second kappa shape index (κ2) is 6.24. The Labute approximate surface area is 124 Å². The van der Waals surface area contributed by atoms with E-state index in [2.05, 4.69) is 4.90 Å². The normalized spacial score (nSPS) is 22.6. The summed E-state index contributed by atoms with van der Waals surface area (Å²) in [6, 6.07) is 6.81. The Kier molecular flexibility index (Phi) is 4.83. The summed E-state index contributed by atoms with van der Waals surface area (Å²) >= 11 is 5.78. The summed E-state index contributed by atoms with van der Waals surface area (Å²) in [6.07, 6.45) is 0.395. The molecule has 4 nitrogen and oxygen atoms in total. The van der Waals surface area contributed by atoms with Crippen LogP contribution in [-0.2, 0) is 9.84 Å². The summed E-state index contributed by atoms with van der Waals surface area (Å²) in [5.74, 6) is 0.427. The summed E-state index contributed by atoms with van der Waals surface area (Å²) in [4.78, 5) is 14.1. The lowest BCUT2D eigenvalue weighted by atomic mass is 10.1. The third-order valence-corrected chi connectivity index (χ3v) is 5.65. The second-order valence-electron chi connectivity index (χ2n) is 5.18. The van der Waals surface area contributed by atoms with Crippen molar-refractivity contribution in [3.05, 3.63) is 34.9 Å². The van der Waals surface area contributed by atoms with E-state index in [0.29, 0.717) is 30.1 Å². The lowest BCUT2D eigenvalue weighted by molar-refractivity contribution is 0.0957. The maximum Gasteiger partial charge on any atom is 0.164 e. The van der Waals surface area contributed by atoms with E-state index >= 15 is 0 Å². The molecule has 0 saturated carbocycles. The van der Waals surface area contributed by atoms with Crippen molar-refractivity contribution >= 4 is 27.2 Å². The monoisotopic (exact) mass is 315 g/mol. The molecular weight excluding hydrogens is 298 g/mol. The number of benzene rings is 1. The van der Waals surface area contributed by atoms with Gasteiger partial charge in [-0.25, -0.2) is 8.42 Å². The predicted octanol–water partition coefficient (Wildman–Crippen LogP) is 2.03. The highest BCUT2D eigenvalue weighted by atomic mass is 35.5. The number of hydrogen-bond donors (Lipinski definition) is 0. The molecule has 110 valence electrons. The average Bonchev–Trinajstić information content (AvgIpc) is 2.37. The number of nitrogens with zero attached hydrogens (tertiary/aromatic N) is 1. The smallest absolute Gasteiger partial charge is 0.164 e. The Morgan fingerprint density at radius 1 is 1.35 bits per heavy atom. The largest absolute Gasteiger partial charge is 0.298 e. The van der Waals surface area contributed by atoms with Crippen LogP contribution in [0, 0.1) is 0 Å². The van der Waals surface area contributed by atoms with Crippen LogP contribution in [0.3, 0.4) is 0 Å². The first-order valence-corrected chi connectivity index (χ1v) is 8.80. The first kappa shape index (κ1) is 15.5. The van der Waals surface area contributed by atoms with Crippen molar-refractivity contribution in [2.24, 2.45) is 0 Å². The molecule has 6 heteroatoms. The maximum absolute atomic E-state index is 12.0. The zero-order valence-electron chi connectivity index (χ0n) is 11.4. The van der Waals surface area contributed by atoms with E-state index < -0.39 is 9.84 Å². The van der Waals surface area contributed by atoms with Crippen LogP contribution in [-0.4, -0.2) is 49.7 Å². The molecule has 0 aliphatic carbocycles. The molecule has 0 spiro atoms. The third-order valence-electron chi connectivity index (χ3n) is 3.60. The highest BCUT2D eigenvalue weighted by Gasteiger charge is 2.28. The van der Waals surface area contributed by atoms with Crippen LogP contribution in [0.15, 0.2) is 24.3 Å². The molecule has 1 fully saturated rings. The molecule has 0 amide bonds. The molecule has 1 atom stereocenters. The van der Waals surface area contributed by atoms with E-state index in [9.17, 15) is 13.2 Å². The number of Topliss-reactive ketones (excluding diaryl/α,β-unsaturated/α-hetero) is 1. The van der Waals surface area contributed by atoms with E-state index in [1.165, 1.54) is 0 Å². The minimum Gasteiger partial charge on any atom is -0.298 e. The van der Waals surface area contributed by atoms with Crippen LogP contribution < -0.4 is 0 Å². The minimum atomic E-state index is -2.90. The standard InChI is InChI=1S/C14H18ClNO3S/c1-11-10-20(18,19)9-8-16(11)7-6-14(17)12-2-4-13(15)5-3-12/h2-5,11H,6-10H2,1H3. The number of halogens is 1. The topological polar surface area (TPSA) is 54.5 Å². The first-order chi connectivity index (χ1) is 9.37. The van der Waals surface area contributed by atoms with Crippen LogP contribution in [0.2, 0.25) is 5.02 Å². The molecule has 20 heavy (non-hydrogen) atoms. The fraction of sp³-hybridized carbons (Fsp3) is 0.500. The van der Waals surface area contributed by atoms with Crippen molar-refractivity contribution in [2.75, 3.05) is 24.6 Å². The number of hydrogen-bond acceptors (Lipinski definition) is 4. The van der Waals surface area contributed by atoms with Gasteiger partial charge in [0.05, 0.1) is 11.5 Å². The Hall–Kier alpha value is -0.910. The maximum atomic E-state index is 12.0. The number of carbonyl (C=O) groups excluding carboxylic acids is 1. The van der Waals surface area contributed by atoms with Gasteiger partial charge in [-0.05, 0) is 31.2 Å². The van der Waals surface area contributed by atoms with Gasteiger partial charge in [-0.3, -0.25) is 9.69 Å². The Balaban J connectivity index is 1.89. The van der Waals surface area contributed by atoms with Crippen molar-refractivity contribution in [1.29, 1.82) is 0 Å². The summed E-state index contributed by atoms with van der Waals surface area (Å²) in [7, 11) is -2.90. The fourth-order valence-corrected chi connectivity index (χ4v) is 4.14. The lowest BCUT2D eigenvalue weighted by Gasteiger charge is -2.32. The highest BCUT2D eigenvalue weighted by molar-refractivity contribution is 7.91. The highest BCUT2D eigenvalue weighted by Crippen LogP contribution is 2.14. The first-order valence-electron chi connectivity index (χ1n) is 6.60. The number of ketones is 1. The van der Waals surface area contributed by atoms with Crippen LogP contribution in [0.5, 0.6) is 0 Å². The zero-order chi connectivity index (χ0) is 14.8. The van der Waals surface area contributed by atoms with Crippen LogP contribution in [0.25, 0.3) is 0 Å². The molecule has 1 unspecified atom stereocenters. The van der Waals surface area contributed by atoms with Crippen LogP contribution in [0.1, 0.15) is 23.7 Å². The average molecular weight is 316 g/mol. The zero-order valence-corrected chi connectivity index (χ0v) is 13.0. The van der Waals surface area contributed by atoms with Gasteiger partial charge >= 0.3 is 0 Å². The lowest BCUT2D eigenvalue weighted by Crippen LogP contribution is -2.47. The van der Waals surface area contributed by atoms with Crippen molar-refractivity contribution in [3.8, 4) is 0 Å². The molecule has 1 aliphatic rings. The van der Waals surface area contributed by atoms with Gasteiger partial charge in [0.1, 0.15) is 0 Å². The van der Waals surface area contributed by atoms with Crippen molar-refractivity contribution < 1.29 is 13.2 Å². The van der Waals surface area contributed by atoms with Gasteiger partial charge in [-0.2, -0.15) is 0 Å². The minimum absolute atomic E-state index is 0.0215. The molecular formula is C14H18ClNO3S. The number of carbonyl (C=O) groups is 1. The van der Waals surface area contributed by atoms with Gasteiger partial charge in [0.2, 0.25) is 0 Å². The number of rotatable bonds is 4. The van der Waals surface area contributed by atoms with E-state index in [4.69, 9.17) is 11.6 Å². The SMILES string of the molecule is CC1CS(=O)(=O)CCN1CCC(=O)c1ccc(Cl)cc1. The Morgan fingerprint density at radius 3 is 2.60 bits per heavy atom. The van der Waals surface area contributed by atoms with E-state index in [1.54, 1.807) is 24.3 Å². The van der Waals surface area contributed by atoms with Gasteiger partial charge in [0.15, 0.2) is 15.6 Å². The third kappa shape index (κ3) is 4.04. The number of sulfone groups is 1. The van der Waals surface area contributed by atoms with Crippen LogP contribution in [0.4, 0.5) is 0 Å². The predicted molar refractivity (Wildman–Crippen MR) is 80.1 cm³/mol. The van der Waals surface area contributed by atoms with Gasteiger partial charge in [0, 0.05) is 36.1 Å². The molecule has 1 aliphatic heterocycles. The van der Waals surface area contributed by atoms with E-state index in [-0.39, 0.29) is 23.3 Å². The summed E-state index contributed by atoms with van der Waals surface area (Å²) < 4.78 is 23.0. The van der Waals surface area contributed by atoms with Crippen molar-refractivity contribution in [3.63, 3.8) is 0 Å². The van der Waals surface area contributed by atoms with Crippen molar-refractivity contribution in [1.82, 2.24) is 4.90 Å². The molecule has 1 heterocycles. The molecule has 1 saturated heterocycles. The summed E-state index contributed by atoms with van der Waals surface area (Å²) in [5.41, 5.74) is 0.645. The second-order valence-corrected chi connectivity index (χ2v) is 7.84. The fourth-order valence-electron chi connectivity index (χ4n) is 2.39. The van der Waals surface area contributed by atoms with Crippen molar-refractivity contribution in [2.45, 2.75) is 19.4 Å². The quantitative estimate of drug-likeness (QED) is 0.798. The van der Waals surface area contributed by atoms with Gasteiger partial charge in [-0.1, -0.05) is 11.6 Å². The Bertz CT molecular complexity index is 583. The molecule has 0 N–H and O–H groups in total. The van der Waals surface area contributed by atoms with Gasteiger partial charge in [-0.15, -0.1) is 0 Å². The summed E-state index contributed by atoms with van der Waals surface area (Å²) in [6.45, 7) is 3.00. The molecule has 0 radical (unpaired) electrons. The van der Waals surface area contributed by atoms with Gasteiger partial charge in [0.25, 0.3) is 0 Å². The van der Waals surface area contributed by atoms with E-state index in [1.807, 2.05) is 6.92 Å².